The van der Waals surface area contributed by atoms with Crippen LogP contribution in [0.25, 0.3) is 11.2 Å². The van der Waals surface area contributed by atoms with Gasteiger partial charge in [-0.25, -0.2) is 18.4 Å². The van der Waals surface area contributed by atoms with Gasteiger partial charge in [-0.3, -0.25) is 0 Å². The summed E-state index contributed by atoms with van der Waals surface area (Å²) in [5.74, 6) is 1.80. The van der Waals surface area contributed by atoms with Crippen molar-refractivity contribution in [3.8, 4) is 0 Å². The molecule has 108 valence electrons. The van der Waals surface area contributed by atoms with Gasteiger partial charge < -0.3 is 4.57 Å². The van der Waals surface area contributed by atoms with E-state index < -0.39 is 9.84 Å². The van der Waals surface area contributed by atoms with Crippen molar-refractivity contribution < 1.29 is 8.42 Å². The van der Waals surface area contributed by atoms with Crippen molar-refractivity contribution in [3.63, 3.8) is 0 Å². The monoisotopic (exact) mass is 293 g/mol. The Hall–Kier alpha value is -1.43. The highest BCUT2D eigenvalue weighted by atomic mass is 32.2. The fourth-order valence-corrected chi connectivity index (χ4v) is 4.77. The zero-order chi connectivity index (χ0) is 14.2. The van der Waals surface area contributed by atoms with Crippen LogP contribution in [0.2, 0.25) is 0 Å². The summed E-state index contributed by atoms with van der Waals surface area (Å²) in [6, 6.07) is 3.85. The Balaban J connectivity index is 1.92. The van der Waals surface area contributed by atoms with Crippen molar-refractivity contribution in [3.05, 3.63) is 24.2 Å². The molecular formula is C14H19N3O2S. The van der Waals surface area contributed by atoms with Crippen molar-refractivity contribution in [1.29, 1.82) is 0 Å². The number of nitrogens with zero attached hydrogens (tertiary/aromatic N) is 3. The average Bonchev–Trinajstić information content (AvgIpc) is 2.92. The second kappa shape index (κ2) is 5.16. The Morgan fingerprint density at radius 1 is 1.45 bits per heavy atom. The first-order valence-corrected chi connectivity index (χ1v) is 8.92. The van der Waals surface area contributed by atoms with E-state index in [9.17, 15) is 8.42 Å². The largest absolute Gasteiger partial charge is 0.313 e. The number of rotatable bonds is 4. The summed E-state index contributed by atoms with van der Waals surface area (Å²) < 4.78 is 25.3. The first-order chi connectivity index (χ1) is 9.59. The summed E-state index contributed by atoms with van der Waals surface area (Å²) in [6.07, 6.45) is 4.28. The van der Waals surface area contributed by atoms with E-state index in [0.717, 1.165) is 42.8 Å². The minimum Gasteiger partial charge on any atom is -0.313 e. The third-order valence-electron chi connectivity index (χ3n) is 3.83. The molecule has 0 saturated carbocycles. The fraction of sp³-hybridized carbons (Fsp3) is 0.571. The van der Waals surface area contributed by atoms with Gasteiger partial charge in [-0.15, -0.1) is 0 Å². The van der Waals surface area contributed by atoms with Gasteiger partial charge in [0.1, 0.15) is 11.3 Å². The molecular weight excluding hydrogens is 274 g/mol. The normalized spacial score (nSPS) is 21.6. The molecule has 5 nitrogen and oxygen atoms in total. The van der Waals surface area contributed by atoms with Gasteiger partial charge in [0.15, 0.2) is 15.5 Å². The summed E-state index contributed by atoms with van der Waals surface area (Å²) in [5.41, 5.74) is 1.81. The topological polar surface area (TPSA) is 64.8 Å². The van der Waals surface area contributed by atoms with Crippen LogP contribution < -0.4 is 0 Å². The van der Waals surface area contributed by atoms with Gasteiger partial charge in [0, 0.05) is 19.2 Å². The fourth-order valence-electron chi connectivity index (χ4n) is 2.91. The summed E-state index contributed by atoms with van der Waals surface area (Å²) >= 11 is 0. The first-order valence-electron chi connectivity index (χ1n) is 7.09. The maximum atomic E-state index is 11.6. The molecule has 3 heterocycles. The molecule has 1 fully saturated rings. The van der Waals surface area contributed by atoms with Crippen LogP contribution in [0.3, 0.4) is 0 Å². The lowest BCUT2D eigenvalue weighted by Gasteiger charge is -2.10. The predicted molar refractivity (Wildman–Crippen MR) is 78.3 cm³/mol. The molecule has 2 aromatic heterocycles. The second-order valence-electron chi connectivity index (χ2n) is 5.50. The molecule has 20 heavy (non-hydrogen) atoms. The van der Waals surface area contributed by atoms with Gasteiger partial charge in [-0.1, -0.05) is 6.92 Å². The number of pyridine rings is 1. The molecule has 1 aliphatic rings. The van der Waals surface area contributed by atoms with Crippen molar-refractivity contribution in [1.82, 2.24) is 14.5 Å². The van der Waals surface area contributed by atoms with Crippen molar-refractivity contribution in [2.45, 2.75) is 32.7 Å². The van der Waals surface area contributed by atoms with Crippen LogP contribution in [0.1, 0.15) is 25.6 Å². The minimum absolute atomic E-state index is 0.201. The number of aryl methyl sites for hydroxylation is 1. The van der Waals surface area contributed by atoms with Crippen molar-refractivity contribution in [2.75, 3.05) is 11.5 Å². The molecule has 0 aromatic carbocycles. The van der Waals surface area contributed by atoms with Gasteiger partial charge in [-0.2, -0.15) is 0 Å². The van der Waals surface area contributed by atoms with Crippen LogP contribution in [-0.4, -0.2) is 34.5 Å². The van der Waals surface area contributed by atoms with Crippen molar-refractivity contribution >= 4 is 21.0 Å². The number of hydrogen-bond acceptors (Lipinski definition) is 4. The SMILES string of the molecule is CCCn1c(CC2CCS(=O)(=O)C2)nc2cccnc21. The third-order valence-corrected chi connectivity index (χ3v) is 5.67. The molecule has 0 N–H and O–H groups in total. The van der Waals surface area contributed by atoms with Crippen LogP contribution in [-0.2, 0) is 22.8 Å². The lowest BCUT2D eigenvalue weighted by molar-refractivity contribution is 0.541. The van der Waals surface area contributed by atoms with Crippen LogP contribution in [0.4, 0.5) is 0 Å². The Bertz CT molecular complexity index is 721. The lowest BCUT2D eigenvalue weighted by Crippen LogP contribution is -2.12. The molecule has 1 saturated heterocycles. The zero-order valence-corrected chi connectivity index (χ0v) is 12.4. The van der Waals surface area contributed by atoms with Gasteiger partial charge in [0.25, 0.3) is 0 Å². The van der Waals surface area contributed by atoms with E-state index in [4.69, 9.17) is 0 Å². The highest BCUT2D eigenvalue weighted by Gasteiger charge is 2.29. The Morgan fingerprint density at radius 3 is 3.00 bits per heavy atom. The molecule has 1 unspecified atom stereocenters. The Kier molecular flexibility index (Phi) is 3.50. The molecule has 2 aromatic rings. The summed E-state index contributed by atoms with van der Waals surface area (Å²) in [6.45, 7) is 3.00. The van der Waals surface area contributed by atoms with Gasteiger partial charge in [0.05, 0.1) is 11.5 Å². The van der Waals surface area contributed by atoms with E-state index in [2.05, 4.69) is 21.5 Å². The number of imidazole rings is 1. The van der Waals surface area contributed by atoms with E-state index in [-0.39, 0.29) is 5.92 Å². The number of sulfone groups is 1. The maximum Gasteiger partial charge on any atom is 0.159 e. The zero-order valence-electron chi connectivity index (χ0n) is 11.6. The smallest absolute Gasteiger partial charge is 0.159 e. The molecule has 0 aliphatic carbocycles. The molecule has 0 amide bonds. The van der Waals surface area contributed by atoms with Crippen LogP contribution in [0, 0.1) is 5.92 Å². The van der Waals surface area contributed by atoms with Crippen LogP contribution >= 0.6 is 0 Å². The van der Waals surface area contributed by atoms with Gasteiger partial charge in [0.2, 0.25) is 0 Å². The van der Waals surface area contributed by atoms with E-state index in [0.29, 0.717) is 11.5 Å². The average molecular weight is 293 g/mol. The molecule has 3 rings (SSSR count). The standard InChI is InChI=1S/C14H19N3O2S/c1-2-7-17-13(9-11-5-8-20(18,19)10-11)16-12-4-3-6-15-14(12)17/h3-4,6,11H,2,5,7-10H2,1H3. The lowest BCUT2D eigenvalue weighted by atomic mass is 10.1. The van der Waals surface area contributed by atoms with E-state index in [1.807, 2.05) is 12.1 Å². The second-order valence-corrected chi connectivity index (χ2v) is 7.73. The quantitative estimate of drug-likeness (QED) is 0.862. The molecule has 0 bridgehead atoms. The predicted octanol–water partition coefficient (Wildman–Crippen LogP) is 1.82. The third kappa shape index (κ3) is 2.57. The summed E-state index contributed by atoms with van der Waals surface area (Å²) in [4.78, 5) is 9.05. The van der Waals surface area contributed by atoms with E-state index in [1.165, 1.54) is 0 Å². The highest BCUT2D eigenvalue weighted by Crippen LogP contribution is 2.24. The maximum absolute atomic E-state index is 11.6. The number of aromatic nitrogens is 3. The van der Waals surface area contributed by atoms with E-state index >= 15 is 0 Å². The Morgan fingerprint density at radius 2 is 2.30 bits per heavy atom. The van der Waals surface area contributed by atoms with Crippen molar-refractivity contribution in [2.24, 2.45) is 5.92 Å². The summed E-state index contributed by atoms with van der Waals surface area (Å²) in [5, 5.41) is 0. The molecule has 1 aliphatic heterocycles. The number of hydrogen-bond donors (Lipinski definition) is 0. The van der Waals surface area contributed by atoms with Crippen LogP contribution in [0.15, 0.2) is 18.3 Å². The Labute approximate surface area is 119 Å². The molecule has 0 spiro atoms. The molecule has 6 heteroatoms. The van der Waals surface area contributed by atoms with Gasteiger partial charge >= 0.3 is 0 Å². The van der Waals surface area contributed by atoms with Gasteiger partial charge in [-0.05, 0) is 30.9 Å². The summed E-state index contributed by atoms with van der Waals surface area (Å²) in [7, 11) is -2.82. The first kappa shape index (κ1) is 13.5. The van der Waals surface area contributed by atoms with Crippen LogP contribution in [0.5, 0.6) is 0 Å². The highest BCUT2D eigenvalue weighted by molar-refractivity contribution is 7.91. The molecule has 1 atom stereocenters. The van der Waals surface area contributed by atoms with E-state index in [1.54, 1.807) is 6.20 Å². The minimum atomic E-state index is -2.82. The number of fused-ring (bicyclic) bond motifs is 1. The molecule has 0 radical (unpaired) electrons.